The van der Waals surface area contributed by atoms with Gasteiger partial charge in [-0.1, -0.05) is 31.2 Å². The van der Waals surface area contributed by atoms with E-state index in [1.54, 1.807) is 11.3 Å². The molecule has 0 atom stereocenters. The number of anilines is 2. The summed E-state index contributed by atoms with van der Waals surface area (Å²) in [5.74, 6) is 2.17. The van der Waals surface area contributed by atoms with E-state index in [0.29, 0.717) is 31.2 Å². The summed E-state index contributed by atoms with van der Waals surface area (Å²) in [5.41, 5.74) is 11.5. The molecular formula is C30H39N7OS. The van der Waals surface area contributed by atoms with Crippen molar-refractivity contribution in [1.82, 2.24) is 14.8 Å². The van der Waals surface area contributed by atoms with Crippen molar-refractivity contribution in [1.29, 1.82) is 0 Å². The molecule has 1 aromatic heterocycles. The molecular weight excluding hydrogens is 506 g/mol. The molecule has 9 heteroatoms. The number of ether oxygens (including phenoxy) is 1. The Hall–Kier alpha value is -3.27. The molecule has 0 spiro atoms. The Balaban J connectivity index is 1.29. The number of piperazine rings is 1. The fourth-order valence-corrected chi connectivity index (χ4v) is 5.71. The number of aliphatic imine (C=N–C) groups is 2. The molecule has 2 aliphatic rings. The molecule has 0 unspecified atom stereocenters. The highest BCUT2D eigenvalue weighted by molar-refractivity contribution is 7.14. The van der Waals surface area contributed by atoms with E-state index in [1.807, 2.05) is 5.38 Å². The number of hydrogen-bond donors (Lipinski definition) is 1. The molecule has 3 heterocycles. The summed E-state index contributed by atoms with van der Waals surface area (Å²) < 4.78 is 6.06. The lowest BCUT2D eigenvalue weighted by Gasteiger charge is -2.32. The quantitative estimate of drug-likeness (QED) is 0.394. The topological polar surface area (TPSA) is 82.6 Å². The molecule has 0 saturated carbocycles. The second-order valence-electron chi connectivity index (χ2n) is 10.2. The summed E-state index contributed by atoms with van der Waals surface area (Å²) in [6, 6.07) is 15.1. The van der Waals surface area contributed by atoms with Crippen molar-refractivity contribution in [3.05, 3.63) is 59.1 Å². The highest BCUT2D eigenvalue weighted by Gasteiger charge is 2.19. The van der Waals surface area contributed by atoms with Crippen molar-refractivity contribution in [2.24, 2.45) is 15.7 Å². The van der Waals surface area contributed by atoms with E-state index in [9.17, 15) is 0 Å². The van der Waals surface area contributed by atoms with E-state index in [0.717, 1.165) is 68.0 Å². The third-order valence-corrected chi connectivity index (χ3v) is 8.10. The van der Waals surface area contributed by atoms with E-state index in [4.69, 9.17) is 15.5 Å². The zero-order chi connectivity index (χ0) is 27.2. The van der Waals surface area contributed by atoms with Gasteiger partial charge < -0.3 is 20.3 Å². The predicted molar refractivity (Wildman–Crippen MR) is 163 cm³/mol. The highest BCUT2D eigenvalue weighted by Crippen LogP contribution is 2.35. The van der Waals surface area contributed by atoms with Crippen LogP contribution in [-0.2, 0) is 0 Å². The Morgan fingerprint density at radius 2 is 1.82 bits per heavy atom. The average Bonchev–Trinajstić information content (AvgIpc) is 3.44. The first-order chi connectivity index (χ1) is 19.0. The van der Waals surface area contributed by atoms with Gasteiger partial charge in [0, 0.05) is 63.3 Å². The number of nitrogens with two attached hydrogens (primary N) is 1. The molecule has 1 saturated heterocycles. The lowest BCUT2D eigenvalue weighted by atomic mass is 10.0. The van der Waals surface area contributed by atoms with E-state index >= 15 is 0 Å². The first kappa shape index (κ1) is 27.3. The van der Waals surface area contributed by atoms with Crippen LogP contribution in [-0.4, -0.2) is 85.9 Å². The fraction of sp³-hybridized carbons (Fsp3) is 0.433. The van der Waals surface area contributed by atoms with Gasteiger partial charge >= 0.3 is 0 Å². The molecule has 2 aliphatic heterocycles. The molecule has 1 fully saturated rings. The first-order valence-electron chi connectivity index (χ1n) is 13.9. The smallest absolute Gasteiger partial charge is 0.190 e. The Kier molecular flexibility index (Phi) is 8.91. The summed E-state index contributed by atoms with van der Waals surface area (Å²) >= 11 is 1.62. The number of aromatic nitrogens is 1. The van der Waals surface area contributed by atoms with Gasteiger partial charge in [0.2, 0.25) is 0 Å². The molecule has 2 N–H and O–H groups in total. The van der Waals surface area contributed by atoms with Crippen LogP contribution in [0, 0.1) is 6.92 Å². The maximum absolute atomic E-state index is 6.06. The van der Waals surface area contributed by atoms with Gasteiger partial charge in [-0.2, -0.15) is 0 Å². The van der Waals surface area contributed by atoms with Crippen LogP contribution in [0.5, 0.6) is 5.75 Å². The van der Waals surface area contributed by atoms with Gasteiger partial charge in [0.1, 0.15) is 23.9 Å². The lowest BCUT2D eigenvalue weighted by molar-refractivity contribution is 0.134. The standard InChI is InChI=1S/C30H39N7OS/c1-4-13-37(30-33-26(21-39-30)29-32-12-11-28(31)34-29)27-20-24(6-5-22(27)2)23-7-9-25(10-8-23)38-19-18-36-16-14-35(3)15-17-36/h5-10,20-21H,4,11-19H2,1-3H3,(H2,31,32,34). The summed E-state index contributed by atoms with van der Waals surface area (Å²) in [6.45, 7) is 12.1. The van der Waals surface area contributed by atoms with Crippen LogP contribution >= 0.6 is 11.3 Å². The van der Waals surface area contributed by atoms with Gasteiger partial charge in [-0.05, 0) is 55.3 Å². The largest absolute Gasteiger partial charge is 0.492 e. The van der Waals surface area contributed by atoms with Crippen molar-refractivity contribution < 1.29 is 4.74 Å². The van der Waals surface area contributed by atoms with Crippen LogP contribution < -0.4 is 15.4 Å². The Morgan fingerprint density at radius 3 is 2.56 bits per heavy atom. The summed E-state index contributed by atoms with van der Waals surface area (Å²) in [4.78, 5) is 21.0. The first-order valence-corrected chi connectivity index (χ1v) is 14.7. The number of likely N-dealkylation sites (N-methyl/N-ethyl adjacent to an activating group) is 1. The molecule has 39 heavy (non-hydrogen) atoms. The van der Waals surface area contributed by atoms with Gasteiger partial charge in [0.25, 0.3) is 0 Å². The number of benzene rings is 2. The Morgan fingerprint density at radius 1 is 1.05 bits per heavy atom. The zero-order valence-corrected chi connectivity index (χ0v) is 24.1. The average molecular weight is 546 g/mol. The van der Waals surface area contributed by atoms with E-state index in [1.165, 1.54) is 16.7 Å². The van der Waals surface area contributed by atoms with Crippen molar-refractivity contribution in [3.8, 4) is 16.9 Å². The maximum Gasteiger partial charge on any atom is 0.190 e. The maximum atomic E-state index is 6.06. The molecule has 0 amide bonds. The van der Waals surface area contributed by atoms with Crippen LogP contribution in [0.25, 0.3) is 11.1 Å². The number of nitrogens with zero attached hydrogens (tertiary/aromatic N) is 6. The summed E-state index contributed by atoms with van der Waals surface area (Å²) in [7, 11) is 2.18. The van der Waals surface area contributed by atoms with Crippen LogP contribution in [0.3, 0.4) is 0 Å². The monoisotopic (exact) mass is 545 g/mol. The second-order valence-corrected chi connectivity index (χ2v) is 11.1. The molecule has 0 radical (unpaired) electrons. The molecule has 8 nitrogen and oxygen atoms in total. The van der Waals surface area contributed by atoms with Crippen LogP contribution in [0.1, 0.15) is 31.0 Å². The molecule has 3 aromatic rings. The van der Waals surface area contributed by atoms with Crippen molar-refractivity contribution in [2.75, 3.05) is 64.4 Å². The van der Waals surface area contributed by atoms with Gasteiger partial charge in [0.15, 0.2) is 11.0 Å². The van der Waals surface area contributed by atoms with Gasteiger partial charge in [-0.3, -0.25) is 9.89 Å². The van der Waals surface area contributed by atoms with Crippen molar-refractivity contribution in [3.63, 3.8) is 0 Å². The molecule has 2 aromatic carbocycles. The normalized spacial score (nSPS) is 16.6. The highest BCUT2D eigenvalue weighted by atomic mass is 32.1. The number of thiazole rings is 1. The minimum absolute atomic E-state index is 0.620. The van der Waals surface area contributed by atoms with E-state index < -0.39 is 0 Å². The number of aryl methyl sites for hydroxylation is 1. The Bertz CT molecular complexity index is 1310. The SMILES string of the molecule is CCCN(c1nc(C2=NCCC(N)=N2)cs1)c1cc(-c2ccc(OCCN3CCN(C)CC3)cc2)ccc1C. The number of hydrogen-bond acceptors (Lipinski definition) is 9. The molecule has 5 rings (SSSR count). The third kappa shape index (κ3) is 6.84. The molecule has 206 valence electrons. The van der Waals surface area contributed by atoms with Crippen LogP contribution in [0.2, 0.25) is 0 Å². The van der Waals surface area contributed by atoms with Crippen LogP contribution in [0.15, 0.2) is 57.8 Å². The second kappa shape index (κ2) is 12.7. The van der Waals surface area contributed by atoms with E-state index in [-0.39, 0.29) is 0 Å². The van der Waals surface area contributed by atoms with Gasteiger partial charge in [-0.15, -0.1) is 11.3 Å². The molecule has 0 aliphatic carbocycles. The van der Waals surface area contributed by atoms with E-state index in [2.05, 4.69) is 88.0 Å². The fourth-order valence-electron chi connectivity index (χ4n) is 4.86. The third-order valence-electron chi connectivity index (χ3n) is 7.24. The number of amidine groups is 2. The summed E-state index contributed by atoms with van der Waals surface area (Å²) in [6.07, 6.45) is 1.71. The minimum atomic E-state index is 0.620. The zero-order valence-electron chi connectivity index (χ0n) is 23.3. The summed E-state index contributed by atoms with van der Waals surface area (Å²) in [5, 5.41) is 2.97. The Labute approximate surface area is 235 Å². The molecule has 0 bridgehead atoms. The lowest BCUT2D eigenvalue weighted by Crippen LogP contribution is -2.45. The van der Waals surface area contributed by atoms with Crippen LogP contribution in [0.4, 0.5) is 10.8 Å². The number of rotatable bonds is 10. The predicted octanol–water partition coefficient (Wildman–Crippen LogP) is 4.80. The minimum Gasteiger partial charge on any atom is -0.492 e. The van der Waals surface area contributed by atoms with Gasteiger partial charge in [0.05, 0.1) is 0 Å². The van der Waals surface area contributed by atoms with Gasteiger partial charge in [-0.25, -0.2) is 9.98 Å². The van der Waals surface area contributed by atoms with Crippen molar-refractivity contribution >= 4 is 33.8 Å². The van der Waals surface area contributed by atoms with Crippen molar-refractivity contribution in [2.45, 2.75) is 26.7 Å².